The third-order valence-electron chi connectivity index (χ3n) is 4.09. The van der Waals surface area contributed by atoms with Crippen LogP contribution in [0.2, 0.25) is 5.02 Å². The first-order valence-electron chi connectivity index (χ1n) is 7.01. The van der Waals surface area contributed by atoms with Gasteiger partial charge >= 0.3 is 0 Å². The van der Waals surface area contributed by atoms with E-state index in [1.165, 1.54) is 0 Å². The molecule has 20 heavy (non-hydrogen) atoms. The average Bonchev–Trinajstić information content (AvgIpc) is 2.72. The first kappa shape index (κ1) is 15.8. The van der Waals surface area contributed by atoms with Crippen LogP contribution in [0.3, 0.4) is 0 Å². The van der Waals surface area contributed by atoms with Crippen LogP contribution in [0.1, 0.15) is 17.5 Å². The Kier molecular flexibility index (Phi) is 5.10. The van der Waals surface area contributed by atoms with E-state index in [4.69, 9.17) is 11.6 Å². The van der Waals surface area contributed by atoms with Crippen LogP contribution in [-0.4, -0.2) is 33.5 Å². The largest absolute Gasteiger partial charge is 0.319 e. The molecule has 2 atom stereocenters. The molecule has 2 rings (SSSR count). The summed E-state index contributed by atoms with van der Waals surface area (Å²) in [6.07, 6.45) is 1.61. The Morgan fingerprint density at radius 2 is 2.20 bits per heavy atom. The maximum Gasteiger partial charge on any atom is 0.150 e. The number of aryl methyl sites for hydroxylation is 1. The zero-order chi connectivity index (χ0) is 14.8. The van der Waals surface area contributed by atoms with Crippen molar-refractivity contribution in [2.75, 3.05) is 25.1 Å². The second kappa shape index (κ2) is 6.46. The van der Waals surface area contributed by atoms with Crippen molar-refractivity contribution in [2.24, 2.45) is 11.8 Å². The highest BCUT2D eigenvalue weighted by Crippen LogP contribution is 2.30. The summed E-state index contributed by atoms with van der Waals surface area (Å²) in [6, 6.07) is 6.09. The number of nitrogens with one attached hydrogen (secondary N) is 1. The number of rotatable bonds is 5. The molecular formula is C15H22ClNO2S. The van der Waals surface area contributed by atoms with Crippen molar-refractivity contribution < 1.29 is 8.42 Å². The van der Waals surface area contributed by atoms with Crippen LogP contribution in [0.25, 0.3) is 0 Å². The molecule has 0 saturated carbocycles. The maximum absolute atomic E-state index is 11.7. The Bertz CT molecular complexity index is 571. The van der Waals surface area contributed by atoms with E-state index in [0.717, 1.165) is 35.5 Å². The molecule has 5 heteroatoms. The van der Waals surface area contributed by atoms with E-state index in [2.05, 4.69) is 17.4 Å². The van der Waals surface area contributed by atoms with Crippen molar-refractivity contribution in [2.45, 2.75) is 19.8 Å². The van der Waals surface area contributed by atoms with Gasteiger partial charge in [0.15, 0.2) is 9.84 Å². The van der Waals surface area contributed by atoms with E-state index in [-0.39, 0.29) is 5.92 Å². The molecule has 1 heterocycles. The molecule has 1 aromatic carbocycles. The number of benzene rings is 1. The van der Waals surface area contributed by atoms with Gasteiger partial charge in [0.25, 0.3) is 0 Å². The summed E-state index contributed by atoms with van der Waals surface area (Å²) < 4.78 is 23.3. The van der Waals surface area contributed by atoms with Gasteiger partial charge in [0, 0.05) is 5.02 Å². The lowest BCUT2D eigenvalue weighted by Gasteiger charge is -2.23. The van der Waals surface area contributed by atoms with Gasteiger partial charge < -0.3 is 5.32 Å². The van der Waals surface area contributed by atoms with Gasteiger partial charge in [-0.05, 0) is 62.4 Å². The predicted molar refractivity (Wildman–Crippen MR) is 84.1 cm³/mol. The third-order valence-corrected chi connectivity index (χ3v) is 6.24. The smallest absolute Gasteiger partial charge is 0.150 e. The van der Waals surface area contributed by atoms with Gasteiger partial charge in [-0.2, -0.15) is 0 Å². The standard InChI is InChI=1S/C15H22ClNO2S/c1-11-3-4-12(15(16)7-11)8-14(9-17-2)13-5-6-20(18,19)10-13/h3-4,7,13-14,17H,5-6,8-10H2,1-2H3. The molecule has 2 unspecified atom stereocenters. The van der Waals surface area contributed by atoms with Crippen LogP contribution < -0.4 is 5.32 Å². The Balaban J connectivity index is 2.13. The van der Waals surface area contributed by atoms with Gasteiger partial charge in [-0.3, -0.25) is 0 Å². The molecule has 0 radical (unpaired) electrons. The predicted octanol–water partition coefficient (Wildman–Crippen LogP) is 2.46. The van der Waals surface area contributed by atoms with Crippen LogP contribution in [-0.2, 0) is 16.3 Å². The van der Waals surface area contributed by atoms with Gasteiger partial charge in [-0.1, -0.05) is 23.7 Å². The van der Waals surface area contributed by atoms with Crippen molar-refractivity contribution >= 4 is 21.4 Å². The van der Waals surface area contributed by atoms with Crippen LogP contribution >= 0.6 is 11.6 Å². The van der Waals surface area contributed by atoms with Gasteiger partial charge in [-0.25, -0.2) is 8.42 Å². The minimum atomic E-state index is -2.83. The van der Waals surface area contributed by atoms with E-state index in [1.54, 1.807) is 0 Å². The van der Waals surface area contributed by atoms with Gasteiger partial charge in [0.1, 0.15) is 0 Å². The van der Waals surface area contributed by atoms with E-state index < -0.39 is 9.84 Å². The fraction of sp³-hybridized carbons (Fsp3) is 0.600. The zero-order valence-corrected chi connectivity index (χ0v) is 13.6. The number of halogens is 1. The number of hydrogen-bond donors (Lipinski definition) is 1. The summed E-state index contributed by atoms with van der Waals surface area (Å²) in [5.74, 6) is 1.21. The molecule has 1 fully saturated rings. The highest BCUT2D eigenvalue weighted by atomic mass is 35.5. The summed E-state index contributed by atoms with van der Waals surface area (Å²) in [5.41, 5.74) is 2.26. The lowest BCUT2D eigenvalue weighted by atomic mass is 9.86. The van der Waals surface area contributed by atoms with E-state index in [1.807, 2.05) is 20.0 Å². The highest BCUT2D eigenvalue weighted by Gasteiger charge is 2.33. The molecule has 0 bridgehead atoms. The summed E-state index contributed by atoms with van der Waals surface area (Å²) in [5, 5.41) is 3.97. The Morgan fingerprint density at radius 1 is 1.45 bits per heavy atom. The number of hydrogen-bond acceptors (Lipinski definition) is 3. The Morgan fingerprint density at radius 3 is 2.75 bits per heavy atom. The minimum Gasteiger partial charge on any atom is -0.319 e. The van der Waals surface area contributed by atoms with Gasteiger partial charge in [0.05, 0.1) is 11.5 Å². The van der Waals surface area contributed by atoms with Crippen molar-refractivity contribution in [1.82, 2.24) is 5.32 Å². The third kappa shape index (κ3) is 3.96. The molecule has 0 aliphatic carbocycles. The molecule has 1 aliphatic heterocycles. The summed E-state index contributed by atoms with van der Waals surface area (Å²) in [4.78, 5) is 0. The van der Waals surface area contributed by atoms with Crippen LogP contribution in [0, 0.1) is 18.8 Å². The number of sulfone groups is 1. The first-order valence-corrected chi connectivity index (χ1v) is 9.21. The maximum atomic E-state index is 11.7. The zero-order valence-electron chi connectivity index (χ0n) is 12.0. The molecule has 0 aromatic heterocycles. The van der Waals surface area contributed by atoms with E-state index in [0.29, 0.717) is 17.4 Å². The Hall–Kier alpha value is -0.580. The van der Waals surface area contributed by atoms with E-state index >= 15 is 0 Å². The van der Waals surface area contributed by atoms with Gasteiger partial charge in [-0.15, -0.1) is 0 Å². The minimum absolute atomic E-state index is 0.241. The van der Waals surface area contributed by atoms with E-state index in [9.17, 15) is 8.42 Å². The summed E-state index contributed by atoms with van der Waals surface area (Å²) >= 11 is 6.30. The Labute approximate surface area is 126 Å². The average molecular weight is 316 g/mol. The summed E-state index contributed by atoms with van der Waals surface area (Å²) in [6.45, 7) is 2.84. The normalized spacial score (nSPS) is 22.9. The molecule has 0 amide bonds. The van der Waals surface area contributed by atoms with Gasteiger partial charge in [0.2, 0.25) is 0 Å². The van der Waals surface area contributed by atoms with Crippen molar-refractivity contribution in [3.05, 3.63) is 34.3 Å². The van der Waals surface area contributed by atoms with Crippen LogP contribution in [0.4, 0.5) is 0 Å². The second-order valence-electron chi connectivity index (χ2n) is 5.78. The van der Waals surface area contributed by atoms with Crippen LogP contribution in [0.5, 0.6) is 0 Å². The molecule has 0 spiro atoms. The molecule has 1 saturated heterocycles. The SMILES string of the molecule is CNCC(Cc1ccc(C)cc1Cl)C1CCS(=O)(=O)C1. The fourth-order valence-electron chi connectivity index (χ4n) is 2.96. The molecule has 112 valence electrons. The van der Waals surface area contributed by atoms with Crippen LogP contribution in [0.15, 0.2) is 18.2 Å². The highest BCUT2D eigenvalue weighted by molar-refractivity contribution is 7.91. The summed E-state index contributed by atoms with van der Waals surface area (Å²) in [7, 11) is -0.919. The monoisotopic (exact) mass is 315 g/mol. The molecule has 1 aliphatic rings. The molecule has 3 nitrogen and oxygen atoms in total. The fourth-order valence-corrected chi connectivity index (χ4v) is 5.20. The topological polar surface area (TPSA) is 46.2 Å². The quantitative estimate of drug-likeness (QED) is 0.908. The molecule has 1 aromatic rings. The first-order chi connectivity index (χ1) is 9.41. The molecule has 1 N–H and O–H groups in total. The lowest BCUT2D eigenvalue weighted by Crippen LogP contribution is -2.28. The lowest BCUT2D eigenvalue weighted by molar-refractivity contribution is 0.352. The van der Waals surface area contributed by atoms with Crippen molar-refractivity contribution in [1.29, 1.82) is 0 Å². The molecular weight excluding hydrogens is 294 g/mol. The van der Waals surface area contributed by atoms with Crippen molar-refractivity contribution in [3.63, 3.8) is 0 Å². The second-order valence-corrected chi connectivity index (χ2v) is 8.42. The van der Waals surface area contributed by atoms with Crippen molar-refractivity contribution in [3.8, 4) is 0 Å².